The summed E-state index contributed by atoms with van der Waals surface area (Å²) in [5.74, 6) is -0.460. The Morgan fingerprint density at radius 3 is 2.75 bits per heavy atom. The van der Waals surface area contributed by atoms with Crippen molar-refractivity contribution < 1.29 is 14.8 Å². The van der Waals surface area contributed by atoms with Crippen LogP contribution in [0.4, 0.5) is 5.69 Å². The molecule has 0 bridgehead atoms. The lowest BCUT2D eigenvalue weighted by molar-refractivity contribution is -0.384. The zero-order chi connectivity index (χ0) is 14.9. The number of nitriles is 1. The Morgan fingerprint density at radius 1 is 1.55 bits per heavy atom. The number of carbonyl (C=O) groups excluding carboxylic acids is 1. The van der Waals surface area contributed by atoms with Crippen LogP contribution in [0.15, 0.2) is 18.2 Å². The SMILES string of the molecule is N#CCC1(O)CN(C(=O)c2cc(Cl)cc([N+](=O)[O-])c2)C1. The molecule has 20 heavy (non-hydrogen) atoms. The van der Waals surface area contributed by atoms with Crippen molar-refractivity contribution in [3.05, 3.63) is 38.9 Å². The maximum Gasteiger partial charge on any atom is 0.271 e. The Kier molecular flexibility index (Phi) is 3.61. The van der Waals surface area contributed by atoms with E-state index in [9.17, 15) is 20.0 Å². The maximum atomic E-state index is 12.1. The van der Waals surface area contributed by atoms with Gasteiger partial charge >= 0.3 is 0 Å². The van der Waals surface area contributed by atoms with Crippen LogP contribution in [0.2, 0.25) is 5.02 Å². The first-order valence-electron chi connectivity index (χ1n) is 5.68. The zero-order valence-electron chi connectivity index (χ0n) is 10.2. The van der Waals surface area contributed by atoms with Crippen molar-refractivity contribution in [2.45, 2.75) is 12.0 Å². The highest BCUT2D eigenvalue weighted by Gasteiger charge is 2.43. The number of rotatable bonds is 3. The van der Waals surface area contributed by atoms with E-state index >= 15 is 0 Å². The maximum absolute atomic E-state index is 12.1. The summed E-state index contributed by atoms with van der Waals surface area (Å²) in [4.78, 5) is 23.5. The van der Waals surface area contributed by atoms with Crippen molar-refractivity contribution in [2.75, 3.05) is 13.1 Å². The van der Waals surface area contributed by atoms with Gasteiger partial charge in [-0.2, -0.15) is 5.26 Å². The fourth-order valence-electron chi connectivity index (χ4n) is 2.05. The number of amides is 1. The van der Waals surface area contributed by atoms with Crippen LogP contribution >= 0.6 is 11.6 Å². The van der Waals surface area contributed by atoms with Gasteiger partial charge in [0.1, 0.15) is 5.60 Å². The van der Waals surface area contributed by atoms with Gasteiger partial charge in [-0.3, -0.25) is 14.9 Å². The molecule has 0 atom stereocenters. The summed E-state index contributed by atoms with van der Waals surface area (Å²) < 4.78 is 0. The standard InChI is InChI=1S/C12H10ClN3O4/c13-9-3-8(4-10(5-9)16(19)20)11(17)15-6-12(18,7-15)1-2-14/h3-5,18H,1,6-7H2. The molecule has 8 heteroatoms. The lowest BCUT2D eigenvalue weighted by Crippen LogP contribution is -2.63. The number of halogens is 1. The topological polar surface area (TPSA) is 107 Å². The normalized spacial score (nSPS) is 16.1. The smallest absolute Gasteiger partial charge is 0.271 e. The van der Waals surface area contributed by atoms with E-state index in [4.69, 9.17) is 16.9 Å². The minimum Gasteiger partial charge on any atom is -0.385 e. The van der Waals surface area contributed by atoms with Crippen LogP contribution in [0.1, 0.15) is 16.8 Å². The van der Waals surface area contributed by atoms with Gasteiger partial charge in [0.05, 0.1) is 30.5 Å². The van der Waals surface area contributed by atoms with Crippen LogP contribution in [0.3, 0.4) is 0 Å². The fraction of sp³-hybridized carbons (Fsp3) is 0.333. The van der Waals surface area contributed by atoms with E-state index in [1.165, 1.54) is 11.0 Å². The predicted molar refractivity (Wildman–Crippen MR) is 69.2 cm³/mol. The quantitative estimate of drug-likeness (QED) is 0.669. The molecule has 0 aromatic heterocycles. The summed E-state index contributed by atoms with van der Waals surface area (Å²) >= 11 is 5.74. The van der Waals surface area contributed by atoms with E-state index in [0.29, 0.717) is 0 Å². The number of nitro benzene ring substituents is 1. The summed E-state index contributed by atoms with van der Waals surface area (Å²) in [6.45, 7) is 0.0550. The monoisotopic (exact) mass is 295 g/mol. The number of hydrogen-bond donors (Lipinski definition) is 1. The lowest BCUT2D eigenvalue weighted by atomic mass is 9.90. The summed E-state index contributed by atoms with van der Waals surface area (Å²) in [6.07, 6.45) is -0.0630. The van der Waals surface area contributed by atoms with Gasteiger partial charge < -0.3 is 10.0 Å². The van der Waals surface area contributed by atoms with Gasteiger partial charge in [-0.1, -0.05) is 11.6 Å². The minimum absolute atomic E-state index is 0.0275. The second-order valence-electron chi connectivity index (χ2n) is 4.68. The zero-order valence-corrected chi connectivity index (χ0v) is 11.0. The number of aliphatic hydroxyl groups is 1. The molecule has 7 nitrogen and oxygen atoms in total. The molecule has 1 fully saturated rings. The van der Waals surface area contributed by atoms with Crippen LogP contribution in [-0.2, 0) is 0 Å². The average molecular weight is 296 g/mol. The number of β-amino-alcohol motifs (C(OH)–C–C–N with tert-alkyl or cyclic N) is 1. The number of nitrogens with zero attached hydrogens (tertiary/aromatic N) is 3. The number of nitro groups is 1. The highest BCUT2D eigenvalue weighted by molar-refractivity contribution is 6.31. The van der Waals surface area contributed by atoms with Crippen LogP contribution in [-0.4, -0.2) is 39.5 Å². The molecular formula is C12H10ClN3O4. The average Bonchev–Trinajstić information content (AvgIpc) is 2.34. The van der Waals surface area contributed by atoms with Crippen molar-refractivity contribution in [1.82, 2.24) is 4.90 Å². The third-order valence-electron chi connectivity index (χ3n) is 3.01. The van der Waals surface area contributed by atoms with Crippen molar-refractivity contribution in [3.63, 3.8) is 0 Å². The number of benzene rings is 1. The van der Waals surface area contributed by atoms with E-state index < -0.39 is 16.4 Å². The van der Waals surface area contributed by atoms with E-state index in [-0.39, 0.29) is 35.8 Å². The van der Waals surface area contributed by atoms with Gasteiger partial charge in [0.2, 0.25) is 0 Å². The molecule has 1 aromatic rings. The Hall–Kier alpha value is -2.17. The molecule has 1 aromatic carbocycles. The molecule has 0 aliphatic carbocycles. The van der Waals surface area contributed by atoms with E-state index in [0.717, 1.165) is 12.1 Å². The third-order valence-corrected chi connectivity index (χ3v) is 3.22. The fourth-order valence-corrected chi connectivity index (χ4v) is 2.28. The Morgan fingerprint density at radius 2 is 2.20 bits per heavy atom. The van der Waals surface area contributed by atoms with Gasteiger partial charge in [-0.15, -0.1) is 0 Å². The first-order chi connectivity index (χ1) is 9.34. The predicted octanol–water partition coefficient (Wildman–Crippen LogP) is 1.35. The second-order valence-corrected chi connectivity index (χ2v) is 5.11. The molecule has 1 aliphatic heterocycles. The first kappa shape index (κ1) is 14.2. The third kappa shape index (κ3) is 2.71. The van der Waals surface area contributed by atoms with Crippen molar-refractivity contribution in [3.8, 4) is 6.07 Å². The van der Waals surface area contributed by atoms with Gasteiger partial charge in [0, 0.05) is 22.7 Å². The summed E-state index contributed by atoms with van der Waals surface area (Å²) in [5.41, 5.74) is -1.37. The number of hydrogen-bond acceptors (Lipinski definition) is 5. The molecule has 1 saturated heterocycles. The van der Waals surface area contributed by atoms with Crippen LogP contribution in [0, 0.1) is 21.4 Å². The van der Waals surface area contributed by atoms with Gasteiger partial charge in [-0.25, -0.2) is 0 Å². The molecule has 2 rings (SSSR count). The van der Waals surface area contributed by atoms with Crippen LogP contribution in [0.5, 0.6) is 0 Å². The highest BCUT2D eigenvalue weighted by atomic mass is 35.5. The second kappa shape index (κ2) is 5.07. The van der Waals surface area contributed by atoms with Crippen LogP contribution < -0.4 is 0 Å². The summed E-state index contributed by atoms with van der Waals surface area (Å²) in [7, 11) is 0. The highest BCUT2D eigenvalue weighted by Crippen LogP contribution is 2.28. The number of likely N-dealkylation sites (tertiary alicyclic amines) is 1. The molecule has 104 valence electrons. The van der Waals surface area contributed by atoms with Crippen LogP contribution in [0.25, 0.3) is 0 Å². The van der Waals surface area contributed by atoms with Gasteiger partial charge in [0.25, 0.3) is 11.6 Å². The number of non-ortho nitro benzene ring substituents is 1. The molecule has 1 aliphatic rings. The molecule has 0 radical (unpaired) electrons. The van der Waals surface area contributed by atoms with E-state index in [1.54, 1.807) is 0 Å². The van der Waals surface area contributed by atoms with Crippen molar-refractivity contribution in [1.29, 1.82) is 5.26 Å². The molecule has 0 saturated carbocycles. The molecule has 0 spiro atoms. The molecule has 1 N–H and O–H groups in total. The summed E-state index contributed by atoms with van der Waals surface area (Å²) in [6, 6.07) is 5.46. The largest absolute Gasteiger partial charge is 0.385 e. The van der Waals surface area contributed by atoms with Gasteiger partial charge in [0.15, 0.2) is 0 Å². The molecule has 1 amide bonds. The Labute approximate surface area is 119 Å². The van der Waals surface area contributed by atoms with Gasteiger partial charge in [-0.05, 0) is 6.07 Å². The van der Waals surface area contributed by atoms with Crippen molar-refractivity contribution >= 4 is 23.2 Å². The summed E-state index contributed by atoms with van der Waals surface area (Å²) in [5, 5.41) is 29.2. The minimum atomic E-state index is -1.19. The first-order valence-corrected chi connectivity index (χ1v) is 6.06. The Balaban J connectivity index is 2.16. The molecule has 1 heterocycles. The van der Waals surface area contributed by atoms with Crippen molar-refractivity contribution in [2.24, 2.45) is 0 Å². The number of carbonyl (C=O) groups is 1. The van der Waals surface area contributed by atoms with E-state index in [1.807, 2.05) is 6.07 Å². The molecule has 0 unspecified atom stereocenters. The van der Waals surface area contributed by atoms with E-state index in [2.05, 4.69) is 0 Å². The Bertz CT molecular complexity index is 620. The lowest BCUT2D eigenvalue weighted by Gasteiger charge is -2.45. The molecular weight excluding hydrogens is 286 g/mol.